The van der Waals surface area contributed by atoms with E-state index in [0.29, 0.717) is 0 Å². The SMILES string of the molecule is Cc1ccc2oc(C(N)c3c(C)oc(C)c3C)cc2c1. The fourth-order valence-corrected chi connectivity index (χ4v) is 2.75. The van der Waals surface area contributed by atoms with Crippen molar-refractivity contribution < 1.29 is 8.83 Å². The lowest BCUT2D eigenvalue weighted by molar-refractivity contribution is 0.489. The summed E-state index contributed by atoms with van der Waals surface area (Å²) in [7, 11) is 0. The van der Waals surface area contributed by atoms with Crippen molar-refractivity contribution in [1.82, 2.24) is 0 Å². The topological polar surface area (TPSA) is 52.3 Å². The van der Waals surface area contributed by atoms with Crippen LogP contribution in [0.4, 0.5) is 0 Å². The minimum atomic E-state index is -0.292. The van der Waals surface area contributed by atoms with Gasteiger partial charge in [-0.3, -0.25) is 0 Å². The lowest BCUT2D eigenvalue weighted by Crippen LogP contribution is -2.12. The summed E-state index contributed by atoms with van der Waals surface area (Å²) in [5.74, 6) is 2.56. The highest BCUT2D eigenvalue weighted by atomic mass is 16.3. The number of hydrogen-bond acceptors (Lipinski definition) is 3. The number of aryl methyl sites for hydroxylation is 3. The predicted octanol–water partition coefficient (Wildman–Crippen LogP) is 4.31. The van der Waals surface area contributed by atoms with E-state index in [1.165, 1.54) is 5.56 Å². The monoisotopic (exact) mass is 269 g/mol. The molecule has 0 amide bonds. The molecule has 0 saturated carbocycles. The Kier molecular flexibility index (Phi) is 2.94. The second kappa shape index (κ2) is 4.53. The van der Waals surface area contributed by atoms with Crippen molar-refractivity contribution in [1.29, 1.82) is 0 Å². The van der Waals surface area contributed by atoms with Crippen molar-refractivity contribution in [2.45, 2.75) is 33.7 Å². The zero-order valence-electron chi connectivity index (χ0n) is 12.3. The maximum atomic E-state index is 6.38. The molecule has 0 radical (unpaired) electrons. The van der Waals surface area contributed by atoms with E-state index >= 15 is 0 Å². The Bertz CT molecular complexity index is 780. The molecule has 0 aliphatic heterocycles. The normalized spacial score (nSPS) is 13.1. The van der Waals surface area contributed by atoms with Crippen LogP contribution in [-0.2, 0) is 0 Å². The molecule has 2 aromatic heterocycles. The van der Waals surface area contributed by atoms with Crippen LogP contribution in [-0.4, -0.2) is 0 Å². The summed E-state index contributed by atoms with van der Waals surface area (Å²) < 4.78 is 11.6. The van der Waals surface area contributed by atoms with Gasteiger partial charge in [-0.1, -0.05) is 11.6 Å². The van der Waals surface area contributed by atoms with E-state index in [4.69, 9.17) is 14.6 Å². The maximum Gasteiger partial charge on any atom is 0.134 e. The summed E-state index contributed by atoms with van der Waals surface area (Å²) in [6.45, 7) is 8.01. The maximum absolute atomic E-state index is 6.38. The van der Waals surface area contributed by atoms with E-state index in [1.807, 2.05) is 39.0 Å². The molecule has 20 heavy (non-hydrogen) atoms. The Balaban J connectivity index is 2.10. The van der Waals surface area contributed by atoms with Gasteiger partial charge in [0.2, 0.25) is 0 Å². The highest BCUT2D eigenvalue weighted by Crippen LogP contribution is 2.32. The predicted molar refractivity (Wildman–Crippen MR) is 79.9 cm³/mol. The van der Waals surface area contributed by atoms with Crippen molar-refractivity contribution in [3.05, 3.63) is 58.2 Å². The van der Waals surface area contributed by atoms with Gasteiger partial charge in [0.1, 0.15) is 22.9 Å². The molecule has 3 aromatic rings. The zero-order valence-corrected chi connectivity index (χ0v) is 12.3. The van der Waals surface area contributed by atoms with Crippen molar-refractivity contribution in [2.24, 2.45) is 5.73 Å². The van der Waals surface area contributed by atoms with Gasteiger partial charge in [0.25, 0.3) is 0 Å². The van der Waals surface area contributed by atoms with E-state index < -0.39 is 0 Å². The second-order valence-corrected chi connectivity index (χ2v) is 5.42. The summed E-state index contributed by atoms with van der Waals surface area (Å²) in [5, 5.41) is 1.09. The molecule has 0 saturated heterocycles. The molecule has 104 valence electrons. The first-order chi connectivity index (χ1) is 9.47. The third kappa shape index (κ3) is 1.95. The van der Waals surface area contributed by atoms with Crippen LogP contribution < -0.4 is 5.73 Å². The first-order valence-electron chi connectivity index (χ1n) is 6.79. The van der Waals surface area contributed by atoms with Gasteiger partial charge in [-0.15, -0.1) is 0 Å². The molecule has 2 heterocycles. The second-order valence-electron chi connectivity index (χ2n) is 5.42. The Morgan fingerprint density at radius 3 is 2.35 bits per heavy atom. The molecule has 3 heteroatoms. The molecule has 2 N–H and O–H groups in total. The Morgan fingerprint density at radius 1 is 0.950 bits per heavy atom. The van der Waals surface area contributed by atoms with Crippen LogP contribution in [0.25, 0.3) is 11.0 Å². The van der Waals surface area contributed by atoms with Gasteiger partial charge in [-0.05, 0) is 51.5 Å². The zero-order chi connectivity index (χ0) is 14.4. The smallest absolute Gasteiger partial charge is 0.134 e. The van der Waals surface area contributed by atoms with Crippen molar-refractivity contribution in [3.63, 3.8) is 0 Å². The fraction of sp³-hybridized carbons (Fsp3) is 0.294. The molecular formula is C17H19NO2. The molecule has 3 nitrogen and oxygen atoms in total. The number of fused-ring (bicyclic) bond motifs is 1. The minimum Gasteiger partial charge on any atom is -0.466 e. The average molecular weight is 269 g/mol. The Hall–Kier alpha value is -2.00. The molecule has 1 aromatic carbocycles. The number of furan rings is 2. The molecule has 0 aliphatic carbocycles. The molecule has 1 unspecified atom stereocenters. The van der Waals surface area contributed by atoms with Crippen LogP contribution in [0, 0.1) is 27.7 Å². The van der Waals surface area contributed by atoms with E-state index in [0.717, 1.165) is 39.4 Å². The summed E-state index contributed by atoms with van der Waals surface area (Å²) in [6.07, 6.45) is 0. The third-order valence-corrected chi connectivity index (χ3v) is 3.93. The van der Waals surface area contributed by atoms with Crippen molar-refractivity contribution in [2.75, 3.05) is 0 Å². The van der Waals surface area contributed by atoms with Gasteiger partial charge in [-0.25, -0.2) is 0 Å². The highest BCUT2D eigenvalue weighted by molar-refractivity contribution is 5.79. The van der Waals surface area contributed by atoms with Crippen LogP contribution in [0.5, 0.6) is 0 Å². The molecule has 1 atom stereocenters. The van der Waals surface area contributed by atoms with Crippen LogP contribution in [0.1, 0.15) is 40.0 Å². The lowest BCUT2D eigenvalue weighted by atomic mass is 10.0. The number of benzene rings is 1. The largest absolute Gasteiger partial charge is 0.466 e. The Morgan fingerprint density at radius 2 is 1.70 bits per heavy atom. The van der Waals surface area contributed by atoms with Crippen LogP contribution >= 0.6 is 0 Å². The van der Waals surface area contributed by atoms with Crippen LogP contribution in [0.3, 0.4) is 0 Å². The minimum absolute atomic E-state index is 0.292. The number of hydrogen-bond donors (Lipinski definition) is 1. The fourth-order valence-electron chi connectivity index (χ4n) is 2.75. The molecule has 0 bridgehead atoms. The van der Waals surface area contributed by atoms with E-state index in [2.05, 4.69) is 13.0 Å². The molecule has 0 spiro atoms. The average Bonchev–Trinajstić information content (AvgIpc) is 2.91. The van der Waals surface area contributed by atoms with Crippen LogP contribution in [0.2, 0.25) is 0 Å². The van der Waals surface area contributed by atoms with Crippen molar-refractivity contribution >= 4 is 11.0 Å². The van der Waals surface area contributed by atoms with E-state index in [1.54, 1.807) is 0 Å². The van der Waals surface area contributed by atoms with Gasteiger partial charge in [0.05, 0.1) is 6.04 Å². The molecule has 0 fully saturated rings. The van der Waals surface area contributed by atoms with Gasteiger partial charge in [0, 0.05) is 10.9 Å². The quantitative estimate of drug-likeness (QED) is 0.754. The first kappa shape index (κ1) is 13.0. The Labute approximate surface area is 118 Å². The summed E-state index contributed by atoms with van der Waals surface area (Å²) in [4.78, 5) is 0. The van der Waals surface area contributed by atoms with Gasteiger partial charge in [-0.2, -0.15) is 0 Å². The lowest BCUT2D eigenvalue weighted by Gasteiger charge is -2.08. The van der Waals surface area contributed by atoms with Crippen molar-refractivity contribution in [3.8, 4) is 0 Å². The molecular weight excluding hydrogens is 250 g/mol. The molecule has 0 aliphatic rings. The van der Waals surface area contributed by atoms with Gasteiger partial charge < -0.3 is 14.6 Å². The third-order valence-electron chi connectivity index (χ3n) is 3.93. The number of rotatable bonds is 2. The van der Waals surface area contributed by atoms with Crippen LogP contribution in [0.15, 0.2) is 33.1 Å². The van der Waals surface area contributed by atoms with Gasteiger partial charge >= 0.3 is 0 Å². The van der Waals surface area contributed by atoms with Gasteiger partial charge in [0.15, 0.2) is 0 Å². The summed E-state index contributed by atoms with van der Waals surface area (Å²) >= 11 is 0. The summed E-state index contributed by atoms with van der Waals surface area (Å²) in [5.41, 5.74) is 10.6. The summed E-state index contributed by atoms with van der Waals surface area (Å²) in [6, 6.07) is 7.87. The standard InChI is InChI=1S/C17H19NO2/c1-9-5-6-14-13(7-9)8-15(20-14)17(18)16-10(2)11(3)19-12(16)4/h5-8,17H,18H2,1-4H3. The molecule has 3 rings (SSSR count). The van der Waals surface area contributed by atoms with E-state index in [9.17, 15) is 0 Å². The number of nitrogens with two attached hydrogens (primary N) is 1. The van der Waals surface area contributed by atoms with E-state index in [-0.39, 0.29) is 6.04 Å². The highest BCUT2D eigenvalue weighted by Gasteiger charge is 2.22. The first-order valence-corrected chi connectivity index (χ1v) is 6.79.